The lowest BCUT2D eigenvalue weighted by Gasteiger charge is -2.04. The summed E-state index contributed by atoms with van der Waals surface area (Å²) in [4.78, 5) is 17.9. The SMILES string of the molecule is COc1ccc(SCCCC(=O)Nc2nc(-c3cc4cc(OC)ccc4o3)cs2)cc1. The summed E-state index contributed by atoms with van der Waals surface area (Å²) in [5, 5.41) is 6.27. The monoisotopic (exact) mass is 454 g/mol. The molecule has 2 aromatic carbocycles. The van der Waals surface area contributed by atoms with Crippen molar-refractivity contribution >= 4 is 45.1 Å². The number of thiazole rings is 1. The number of benzene rings is 2. The fourth-order valence-corrected chi connectivity index (χ4v) is 4.56. The first-order valence-corrected chi connectivity index (χ1v) is 11.6. The summed E-state index contributed by atoms with van der Waals surface area (Å²) in [6, 6.07) is 15.5. The highest BCUT2D eigenvalue weighted by Gasteiger charge is 2.12. The number of furan rings is 1. The Kier molecular flexibility index (Phi) is 6.79. The van der Waals surface area contributed by atoms with Crippen molar-refractivity contribution in [1.82, 2.24) is 4.98 Å². The van der Waals surface area contributed by atoms with E-state index in [1.54, 1.807) is 26.0 Å². The van der Waals surface area contributed by atoms with Gasteiger partial charge in [-0.1, -0.05) is 0 Å². The highest BCUT2D eigenvalue weighted by atomic mass is 32.2. The number of hydrogen-bond acceptors (Lipinski definition) is 7. The van der Waals surface area contributed by atoms with Gasteiger partial charge in [0.15, 0.2) is 10.9 Å². The number of thioether (sulfide) groups is 1. The number of anilines is 1. The molecule has 0 saturated heterocycles. The summed E-state index contributed by atoms with van der Waals surface area (Å²) in [5.74, 6) is 3.11. The Labute approximate surface area is 188 Å². The van der Waals surface area contributed by atoms with Gasteiger partial charge in [0, 0.05) is 22.1 Å². The molecule has 0 spiro atoms. The fourth-order valence-electron chi connectivity index (χ4n) is 3.00. The molecule has 31 heavy (non-hydrogen) atoms. The van der Waals surface area contributed by atoms with Gasteiger partial charge in [-0.2, -0.15) is 0 Å². The van der Waals surface area contributed by atoms with E-state index in [1.807, 2.05) is 53.9 Å². The normalized spacial score (nSPS) is 10.9. The standard InChI is InChI=1S/C23H22N2O4S2/c1-27-16-5-8-18(9-6-16)30-11-3-4-22(26)25-23-24-19(14-31-23)21-13-15-12-17(28-2)7-10-20(15)29-21/h5-10,12-14H,3-4,11H2,1-2H3,(H,24,25,26). The van der Waals surface area contributed by atoms with E-state index in [0.29, 0.717) is 23.0 Å². The van der Waals surface area contributed by atoms with E-state index in [9.17, 15) is 4.79 Å². The van der Waals surface area contributed by atoms with Crippen LogP contribution in [0.5, 0.6) is 11.5 Å². The topological polar surface area (TPSA) is 73.6 Å². The van der Waals surface area contributed by atoms with Crippen molar-refractivity contribution in [3.63, 3.8) is 0 Å². The molecule has 1 N–H and O–H groups in total. The maximum atomic E-state index is 12.3. The zero-order valence-electron chi connectivity index (χ0n) is 17.2. The van der Waals surface area contributed by atoms with Crippen LogP contribution in [0.2, 0.25) is 0 Å². The van der Waals surface area contributed by atoms with E-state index in [1.165, 1.54) is 11.3 Å². The molecule has 4 rings (SSSR count). The molecule has 0 aliphatic rings. The molecule has 0 fully saturated rings. The maximum Gasteiger partial charge on any atom is 0.226 e. The molecule has 160 valence electrons. The summed E-state index contributed by atoms with van der Waals surface area (Å²) in [6.45, 7) is 0. The molecule has 8 heteroatoms. The first-order valence-electron chi connectivity index (χ1n) is 9.75. The second-order valence-corrected chi connectivity index (χ2v) is 8.75. The van der Waals surface area contributed by atoms with Gasteiger partial charge in [-0.15, -0.1) is 23.1 Å². The third-order valence-corrected chi connectivity index (χ3v) is 6.46. The summed E-state index contributed by atoms with van der Waals surface area (Å²) in [7, 11) is 3.29. The molecular formula is C23H22N2O4S2. The molecule has 1 amide bonds. The van der Waals surface area contributed by atoms with E-state index >= 15 is 0 Å². The lowest BCUT2D eigenvalue weighted by Crippen LogP contribution is -2.11. The van der Waals surface area contributed by atoms with Gasteiger partial charge in [0.1, 0.15) is 22.8 Å². The summed E-state index contributed by atoms with van der Waals surface area (Å²) in [5.41, 5.74) is 1.47. The Morgan fingerprint density at radius 2 is 1.87 bits per heavy atom. The smallest absolute Gasteiger partial charge is 0.226 e. The number of aromatic nitrogens is 1. The van der Waals surface area contributed by atoms with Crippen LogP contribution in [0.4, 0.5) is 5.13 Å². The first kappa shape index (κ1) is 21.3. The Hall–Kier alpha value is -2.97. The van der Waals surface area contributed by atoms with Crippen LogP contribution in [0.25, 0.3) is 22.4 Å². The van der Waals surface area contributed by atoms with Crippen molar-refractivity contribution < 1.29 is 18.7 Å². The summed E-state index contributed by atoms with van der Waals surface area (Å²) in [6.07, 6.45) is 1.23. The zero-order chi connectivity index (χ0) is 21.6. The predicted octanol–water partition coefficient (Wildman–Crippen LogP) is 6.08. The molecule has 0 bridgehead atoms. The fraction of sp³-hybridized carbons (Fsp3) is 0.217. The molecule has 0 saturated carbocycles. The molecule has 0 atom stereocenters. The molecule has 4 aromatic rings. The average molecular weight is 455 g/mol. The largest absolute Gasteiger partial charge is 0.497 e. The van der Waals surface area contributed by atoms with Crippen LogP contribution in [0, 0.1) is 0 Å². The summed E-state index contributed by atoms with van der Waals surface area (Å²) < 4.78 is 16.3. The van der Waals surface area contributed by atoms with Crippen molar-refractivity contribution in [1.29, 1.82) is 0 Å². The van der Waals surface area contributed by atoms with Gasteiger partial charge in [0.25, 0.3) is 0 Å². The molecule has 2 heterocycles. The Morgan fingerprint density at radius 3 is 2.65 bits per heavy atom. The van der Waals surface area contributed by atoms with E-state index < -0.39 is 0 Å². The number of nitrogens with one attached hydrogen (secondary N) is 1. The van der Waals surface area contributed by atoms with E-state index in [4.69, 9.17) is 13.9 Å². The van der Waals surface area contributed by atoms with E-state index in [0.717, 1.165) is 39.5 Å². The van der Waals surface area contributed by atoms with Gasteiger partial charge in [-0.3, -0.25) is 4.79 Å². The minimum atomic E-state index is -0.0365. The van der Waals surface area contributed by atoms with E-state index in [2.05, 4.69) is 10.3 Å². The van der Waals surface area contributed by atoms with Crippen LogP contribution in [-0.2, 0) is 4.79 Å². The van der Waals surface area contributed by atoms with Gasteiger partial charge in [-0.25, -0.2) is 4.98 Å². The quantitative estimate of drug-likeness (QED) is 0.244. The molecule has 0 aliphatic heterocycles. The van der Waals surface area contributed by atoms with Crippen LogP contribution in [0.15, 0.2) is 63.2 Å². The van der Waals surface area contributed by atoms with Gasteiger partial charge in [0.05, 0.1) is 14.2 Å². The van der Waals surface area contributed by atoms with Crippen molar-refractivity contribution in [3.05, 3.63) is 53.9 Å². The van der Waals surface area contributed by atoms with E-state index in [-0.39, 0.29) is 5.91 Å². The minimum absolute atomic E-state index is 0.0365. The highest BCUT2D eigenvalue weighted by Crippen LogP contribution is 2.32. The number of carbonyl (C=O) groups excluding carboxylic acids is 1. The molecule has 0 radical (unpaired) electrons. The molecule has 0 aliphatic carbocycles. The Morgan fingerprint density at radius 1 is 1.10 bits per heavy atom. The number of fused-ring (bicyclic) bond motifs is 1. The van der Waals surface area contributed by atoms with Crippen LogP contribution in [-0.4, -0.2) is 30.9 Å². The number of amides is 1. The molecule has 6 nitrogen and oxygen atoms in total. The van der Waals surface area contributed by atoms with Crippen molar-refractivity contribution in [2.45, 2.75) is 17.7 Å². The summed E-state index contributed by atoms with van der Waals surface area (Å²) >= 11 is 3.11. The number of ether oxygens (including phenoxy) is 2. The molecular weight excluding hydrogens is 432 g/mol. The highest BCUT2D eigenvalue weighted by molar-refractivity contribution is 7.99. The van der Waals surface area contributed by atoms with Crippen LogP contribution >= 0.6 is 23.1 Å². The second-order valence-electron chi connectivity index (χ2n) is 6.73. The Bertz CT molecular complexity index is 1170. The predicted molar refractivity (Wildman–Crippen MR) is 125 cm³/mol. The number of nitrogens with zero attached hydrogens (tertiary/aromatic N) is 1. The Balaban J connectivity index is 1.27. The average Bonchev–Trinajstić information content (AvgIpc) is 3.43. The van der Waals surface area contributed by atoms with Gasteiger partial charge in [-0.05, 0) is 60.7 Å². The van der Waals surface area contributed by atoms with Crippen LogP contribution in [0.1, 0.15) is 12.8 Å². The van der Waals surface area contributed by atoms with Gasteiger partial charge >= 0.3 is 0 Å². The first-order chi connectivity index (χ1) is 15.1. The van der Waals surface area contributed by atoms with Crippen LogP contribution in [0.3, 0.4) is 0 Å². The maximum absolute atomic E-state index is 12.3. The van der Waals surface area contributed by atoms with Gasteiger partial charge < -0.3 is 19.2 Å². The molecule has 0 unspecified atom stereocenters. The van der Waals surface area contributed by atoms with Crippen molar-refractivity contribution in [2.75, 3.05) is 25.3 Å². The third-order valence-electron chi connectivity index (χ3n) is 4.60. The lowest BCUT2D eigenvalue weighted by atomic mass is 10.2. The molecule has 2 aromatic heterocycles. The number of methoxy groups -OCH3 is 2. The number of rotatable bonds is 9. The lowest BCUT2D eigenvalue weighted by molar-refractivity contribution is -0.116. The second kappa shape index (κ2) is 9.89. The van der Waals surface area contributed by atoms with Crippen molar-refractivity contribution in [3.8, 4) is 23.0 Å². The zero-order valence-corrected chi connectivity index (χ0v) is 18.8. The minimum Gasteiger partial charge on any atom is -0.497 e. The third kappa shape index (κ3) is 5.39. The van der Waals surface area contributed by atoms with Gasteiger partial charge in [0.2, 0.25) is 5.91 Å². The van der Waals surface area contributed by atoms with Crippen molar-refractivity contribution in [2.24, 2.45) is 0 Å². The number of hydrogen-bond donors (Lipinski definition) is 1. The van der Waals surface area contributed by atoms with Crippen LogP contribution < -0.4 is 14.8 Å². The number of carbonyl (C=O) groups is 1.